The number of methoxy groups -OCH3 is 1. The Morgan fingerprint density at radius 1 is 0.865 bits per heavy atom. The van der Waals surface area contributed by atoms with E-state index in [0.29, 0.717) is 5.56 Å². The number of barbiturate groups is 1. The fourth-order valence-electron chi connectivity index (χ4n) is 3.46. The highest BCUT2D eigenvalue weighted by atomic mass is 16.6. The molecular weight excluding hydrogens is 488 g/mol. The summed E-state index contributed by atoms with van der Waals surface area (Å²) >= 11 is 0. The number of nitro benzene ring substituents is 2. The number of hydrogen-bond acceptors (Lipinski definition) is 9. The van der Waals surface area contributed by atoms with Crippen LogP contribution in [0.2, 0.25) is 0 Å². The second-order valence-corrected chi connectivity index (χ2v) is 7.47. The van der Waals surface area contributed by atoms with Crippen LogP contribution < -0.4 is 19.7 Å². The molecular formula is C24H16N4O9. The van der Waals surface area contributed by atoms with Gasteiger partial charge in [0, 0.05) is 6.07 Å². The number of benzene rings is 3. The molecule has 1 aliphatic heterocycles. The van der Waals surface area contributed by atoms with Crippen molar-refractivity contribution in [3.8, 4) is 17.2 Å². The van der Waals surface area contributed by atoms with Crippen LogP contribution in [0, 0.1) is 20.2 Å². The zero-order valence-electron chi connectivity index (χ0n) is 18.9. The Morgan fingerprint density at radius 2 is 1.57 bits per heavy atom. The van der Waals surface area contributed by atoms with Crippen molar-refractivity contribution >= 4 is 41.0 Å². The molecule has 37 heavy (non-hydrogen) atoms. The summed E-state index contributed by atoms with van der Waals surface area (Å²) in [5.41, 5.74) is -0.827. The van der Waals surface area contributed by atoms with Crippen LogP contribution >= 0.6 is 0 Å². The molecule has 0 saturated carbocycles. The van der Waals surface area contributed by atoms with E-state index in [-0.39, 0.29) is 28.5 Å². The molecule has 0 aliphatic carbocycles. The lowest BCUT2D eigenvalue weighted by Crippen LogP contribution is -2.54. The summed E-state index contributed by atoms with van der Waals surface area (Å²) in [5.74, 6) is -1.87. The zero-order valence-corrected chi connectivity index (χ0v) is 18.9. The van der Waals surface area contributed by atoms with Gasteiger partial charge < -0.3 is 9.47 Å². The number of anilines is 1. The SMILES string of the molecule is COc1cc(/C=C2\C(=O)NC(=O)N(c3ccccc3)C2=O)ccc1Oc1ccc([N+](=O)[O-])cc1[N+](=O)[O-]. The highest BCUT2D eigenvalue weighted by molar-refractivity contribution is 6.39. The summed E-state index contributed by atoms with van der Waals surface area (Å²) in [5, 5.41) is 24.5. The molecule has 186 valence electrons. The van der Waals surface area contributed by atoms with Gasteiger partial charge >= 0.3 is 11.7 Å². The Hall–Kier alpha value is -5.59. The molecule has 0 spiro atoms. The number of rotatable bonds is 7. The predicted octanol–water partition coefficient (Wildman–Crippen LogP) is 3.97. The minimum atomic E-state index is -0.886. The number of para-hydroxylation sites is 1. The van der Waals surface area contributed by atoms with Crippen molar-refractivity contribution in [1.82, 2.24) is 5.32 Å². The van der Waals surface area contributed by atoms with Gasteiger partial charge in [-0.1, -0.05) is 24.3 Å². The summed E-state index contributed by atoms with van der Waals surface area (Å²) in [6.07, 6.45) is 1.25. The largest absolute Gasteiger partial charge is 0.493 e. The molecule has 4 rings (SSSR count). The van der Waals surface area contributed by atoms with Gasteiger partial charge in [0.1, 0.15) is 5.57 Å². The van der Waals surface area contributed by atoms with Crippen LogP contribution in [-0.4, -0.2) is 34.8 Å². The van der Waals surface area contributed by atoms with Crippen LogP contribution in [-0.2, 0) is 9.59 Å². The van der Waals surface area contributed by atoms with Crippen LogP contribution in [0.4, 0.5) is 21.9 Å². The van der Waals surface area contributed by atoms with Crippen molar-refractivity contribution in [2.75, 3.05) is 12.0 Å². The first-order valence-corrected chi connectivity index (χ1v) is 10.4. The third kappa shape index (κ3) is 4.95. The minimum Gasteiger partial charge on any atom is -0.493 e. The number of nitrogens with one attached hydrogen (secondary N) is 1. The molecule has 0 radical (unpaired) electrons. The molecule has 0 bridgehead atoms. The van der Waals surface area contributed by atoms with Crippen LogP contribution in [0.1, 0.15) is 5.56 Å². The summed E-state index contributed by atoms with van der Waals surface area (Å²) in [7, 11) is 1.30. The Morgan fingerprint density at radius 3 is 2.22 bits per heavy atom. The molecule has 1 N–H and O–H groups in total. The van der Waals surface area contributed by atoms with Crippen molar-refractivity contribution in [2.24, 2.45) is 0 Å². The van der Waals surface area contributed by atoms with E-state index in [0.717, 1.165) is 23.1 Å². The van der Waals surface area contributed by atoms with E-state index >= 15 is 0 Å². The average molecular weight is 504 g/mol. The van der Waals surface area contributed by atoms with Gasteiger partial charge in [0.2, 0.25) is 5.75 Å². The first-order chi connectivity index (χ1) is 17.7. The van der Waals surface area contributed by atoms with E-state index in [2.05, 4.69) is 5.32 Å². The molecule has 1 fully saturated rings. The van der Waals surface area contributed by atoms with Crippen LogP contribution in [0.25, 0.3) is 6.08 Å². The topological polar surface area (TPSA) is 171 Å². The van der Waals surface area contributed by atoms with Crippen molar-refractivity contribution in [3.63, 3.8) is 0 Å². The molecule has 1 saturated heterocycles. The number of carbonyl (C=O) groups excluding carboxylic acids is 3. The van der Waals surface area contributed by atoms with Crippen molar-refractivity contribution in [2.45, 2.75) is 0 Å². The van der Waals surface area contributed by atoms with E-state index < -0.39 is 39.1 Å². The van der Waals surface area contributed by atoms with Gasteiger partial charge in [-0.25, -0.2) is 9.69 Å². The summed E-state index contributed by atoms with van der Waals surface area (Å²) in [4.78, 5) is 59.3. The second kappa shape index (κ2) is 9.95. The summed E-state index contributed by atoms with van der Waals surface area (Å²) in [6, 6.07) is 14.3. The van der Waals surface area contributed by atoms with Gasteiger partial charge in [-0.15, -0.1) is 0 Å². The monoisotopic (exact) mass is 504 g/mol. The van der Waals surface area contributed by atoms with Gasteiger partial charge in [0.15, 0.2) is 11.5 Å². The molecule has 1 heterocycles. The molecule has 0 aromatic heterocycles. The van der Waals surface area contributed by atoms with Crippen LogP contribution in [0.15, 0.2) is 72.3 Å². The number of urea groups is 1. The van der Waals surface area contributed by atoms with Crippen molar-refractivity contribution < 1.29 is 33.7 Å². The molecule has 13 heteroatoms. The third-order valence-electron chi connectivity index (χ3n) is 5.18. The maximum absolute atomic E-state index is 13.0. The molecule has 0 unspecified atom stereocenters. The van der Waals surface area contributed by atoms with Crippen LogP contribution in [0.3, 0.4) is 0 Å². The lowest BCUT2D eigenvalue weighted by molar-refractivity contribution is -0.394. The van der Waals surface area contributed by atoms with E-state index in [4.69, 9.17) is 9.47 Å². The standard InChI is InChI=1S/C24H16N4O9/c1-36-21-12-14(7-9-20(21)37-19-10-8-16(27(32)33)13-18(19)28(34)35)11-17-22(29)25-24(31)26(23(17)30)15-5-3-2-4-6-15/h2-13H,1H3,(H,25,29,31)/b17-11+. The summed E-state index contributed by atoms with van der Waals surface area (Å²) in [6.45, 7) is 0. The third-order valence-corrected chi connectivity index (χ3v) is 5.18. The summed E-state index contributed by atoms with van der Waals surface area (Å²) < 4.78 is 10.9. The fourth-order valence-corrected chi connectivity index (χ4v) is 3.46. The molecule has 13 nitrogen and oxygen atoms in total. The number of ether oxygens (including phenoxy) is 2. The molecule has 3 aromatic rings. The maximum atomic E-state index is 13.0. The van der Waals surface area contributed by atoms with Crippen molar-refractivity contribution in [3.05, 3.63) is 98.1 Å². The van der Waals surface area contributed by atoms with E-state index in [1.165, 1.54) is 43.5 Å². The van der Waals surface area contributed by atoms with Gasteiger partial charge in [-0.2, -0.15) is 0 Å². The quantitative estimate of drug-likeness (QED) is 0.216. The highest BCUT2D eigenvalue weighted by Crippen LogP contribution is 2.38. The van der Waals surface area contributed by atoms with Crippen molar-refractivity contribution in [1.29, 1.82) is 0 Å². The van der Waals surface area contributed by atoms with Gasteiger partial charge in [0.05, 0.1) is 28.7 Å². The smallest absolute Gasteiger partial charge is 0.335 e. The number of amides is 4. The number of hydrogen-bond donors (Lipinski definition) is 1. The van der Waals surface area contributed by atoms with Gasteiger partial charge in [-0.05, 0) is 42.0 Å². The number of nitrogens with zero attached hydrogens (tertiary/aromatic N) is 3. The lowest BCUT2D eigenvalue weighted by Gasteiger charge is -2.26. The maximum Gasteiger partial charge on any atom is 0.335 e. The highest BCUT2D eigenvalue weighted by Gasteiger charge is 2.36. The molecule has 4 amide bonds. The number of carbonyl (C=O) groups is 3. The Bertz CT molecular complexity index is 1480. The Labute approximate surface area is 207 Å². The second-order valence-electron chi connectivity index (χ2n) is 7.47. The number of non-ortho nitro benzene ring substituents is 1. The minimum absolute atomic E-state index is 0.0297. The Balaban J connectivity index is 1.67. The first-order valence-electron chi connectivity index (χ1n) is 10.4. The fraction of sp³-hybridized carbons (Fsp3) is 0.0417. The molecule has 1 aliphatic rings. The predicted molar refractivity (Wildman–Crippen MR) is 128 cm³/mol. The van der Waals surface area contributed by atoms with Crippen LogP contribution in [0.5, 0.6) is 17.2 Å². The first kappa shape index (κ1) is 24.5. The van der Waals surface area contributed by atoms with Gasteiger partial charge in [-0.3, -0.25) is 35.1 Å². The van der Waals surface area contributed by atoms with E-state index in [1.54, 1.807) is 18.2 Å². The average Bonchev–Trinajstić information content (AvgIpc) is 2.87. The number of imide groups is 2. The lowest BCUT2D eigenvalue weighted by atomic mass is 10.1. The van der Waals surface area contributed by atoms with E-state index in [1.807, 2.05) is 0 Å². The molecule has 0 atom stereocenters. The normalized spacial score (nSPS) is 14.4. The Kier molecular flexibility index (Phi) is 6.60. The van der Waals surface area contributed by atoms with E-state index in [9.17, 15) is 34.6 Å². The molecule has 3 aromatic carbocycles. The zero-order chi connectivity index (χ0) is 26.7. The number of nitro groups is 2. The van der Waals surface area contributed by atoms with Gasteiger partial charge in [0.25, 0.3) is 17.5 Å².